The fourth-order valence-corrected chi connectivity index (χ4v) is 6.82. The van der Waals surface area contributed by atoms with Crippen LogP contribution in [0.25, 0.3) is 0 Å². The van der Waals surface area contributed by atoms with Gasteiger partial charge in [0.1, 0.15) is 6.29 Å². The van der Waals surface area contributed by atoms with Crippen LogP contribution >= 0.6 is 0 Å². The Bertz CT molecular complexity index is 593. The minimum absolute atomic E-state index is 0.0439. The summed E-state index contributed by atoms with van der Waals surface area (Å²) in [5.41, 5.74) is 2.06. The van der Waals surface area contributed by atoms with E-state index in [0.29, 0.717) is 17.4 Å². The Kier molecular flexibility index (Phi) is 10.3. The lowest BCUT2D eigenvalue weighted by Gasteiger charge is -2.45. The molecule has 3 rings (SSSR count). The largest absolute Gasteiger partial charge is 0.353 e. The van der Waals surface area contributed by atoms with Crippen LogP contribution in [0.1, 0.15) is 118 Å². The van der Waals surface area contributed by atoms with Gasteiger partial charge in [-0.25, -0.2) is 0 Å². The summed E-state index contributed by atoms with van der Waals surface area (Å²) >= 11 is 0. The van der Waals surface area contributed by atoms with Gasteiger partial charge in [-0.05, 0) is 93.3 Å². The average molecular weight is 447 g/mol. The van der Waals surface area contributed by atoms with Crippen LogP contribution in [0.15, 0.2) is 11.6 Å². The molecule has 2 fully saturated rings. The fraction of sp³-hybridized carbons (Fsp3) is 0.897. The van der Waals surface area contributed by atoms with E-state index in [-0.39, 0.29) is 6.29 Å². The Morgan fingerprint density at radius 3 is 2.78 bits per heavy atom. The molecule has 3 aliphatic rings. The van der Waals surface area contributed by atoms with Gasteiger partial charge in [-0.1, -0.05) is 58.6 Å². The molecule has 0 amide bonds. The number of ether oxygens (including phenoxy) is 2. The maximum absolute atomic E-state index is 10.8. The molecule has 0 spiro atoms. The molecule has 0 radical (unpaired) electrons. The van der Waals surface area contributed by atoms with Gasteiger partial charge in [-0.2, -0.15) is 0 Å². The SMILES string of the molecule is CC[C@H](C)[C@H](CCC[C@@H]1CC=C2C[C@@H](OC3CCCCO3)CC[C@]2(C)C1)[C@H](C)CCC=O. The summed E-state index contributed by atoms with van der Waals surface area (Å²) in [7, 11) is 0. The molecule has 3 heteroatoms. The molecule has 1 saturated carbocycles. The maximum Gasteiger partial charge on any atom is 0.157 e. The minimum Gasteiger partial charge on any atom is -0.353 e. The van der Waals surface area contributed by atoms with Crippen LogP contribution in [0.4, 0.5) is 0 Å². The van der Waals surface area contributed by atoms with Crippen LogP contribution < -0.4 is 0 Å². The predicted octanol–water partition coefficient (Wildman–Crippen LogP) is 7.87. The molecular weight excluding hydrogens is 396 g/mol. The van der Waals surface area contributed by atoms with Gasteiger partial charge >= 0.3 is 0 Å². The molecule has 0 aromatic heterocycles. The normalized spacial score (nSPS) is 33.6. The van der Waals surface area contributed by atoms with Gasteiger partial charge in [-0.3, -0.25) is 0 Å². The Morgan fingerprint density at radius 2 is 2.06 bits per heavy atom. The van der Waals surface area contributed by atoms with Crippen molar-refractivity contribution in [3.8, 4) is 0 Å². The molecule has 32 heavy (non-hydrogen) atoms. The van der Waals surface area contributed by atoms with Gasteiger partial charge in [0.15, 0.2) is 6.29 Å². The van der Waals surface area contributed by atoms with Gasteiger partial charge < -0.3 is 14.3 Å². The molecule has 0 aromatic rings. The van der Waals surface area contributed by atoms with Crippen molar-refractivity contribution in [1.29, 1.82) is 0 Å². The summed E-state index contributed by atoms with van der Waals surface area (Å²) in [5, 5.41) is 0. The number of allylic oxidation sites excluding steroid dienone is 1. The fourth-order valence-electron chi connectivity index (χ4n) is 6.82. The quantitative estimate of drug-likeness (QED) is 0.226. The van der Waals surface area contributed by atoms with E-state index in [9.17, 15) is 4.79 Å². The summed E-state index contributed by atoms with van der Waals surface area (Å²) < 4.78 is 12.2. The van der Waals surface area contributed by atoms with E-state index in [0.717, 1.165) is 56.3 Å². The van der Waals surface area contributed by atoms with Gasteiger partial charge in [0, 0.05) is 13.0 Å². The van der Waals surface area contributed by atoms with Crippen molar-refractivity contribution in [2.24, 2.45) is 29.1 Å². The summed E-state index contributed by atoms with van der Waals surface area (Å²) in [4.78, 5) is 10.8. The zero-order valence-corrected chi connectivity index (χ0v) is 21.5. The predicted molar refractivity (Wildman–Crippen MR) is 132 cm³/mol. The van der Waals surface area contributed by atoms with E-state index in [2.05, 4.69) is 33.8 Å². The summed E-state index contributed by atoms with van der Waals surface area (Å²) in [5.74, 6) is 3.02. The Balaban J connectivity index is 1.46. The van der Waals surface area contributed by atoms with Gasteiger partial charge in [-0.15, -0.1) is 0 Å². The third-order valence-corrected chi connectivity index (χ3v) is 9.16. The van der Waals surface area contributed by atoms with Crippen LogP contribution in [0.3, 0.4) is 0 Å². The monoisotopic (exact) mass is 446 g/mol. The average Bonchev–Trinajstić information content (AvgIpc) is 2.80. The van der Waals surface area contributed by atoms with Crippen molar-refractivity contribution in [1.82, 2.24) is 0 Å². The Morgan fingerprint density at radius 1 is 1.22 bits per heavy atom. The van der Waals surface area contributed by atoms with Crippen molar-refractivity contribution in [3.05, 3.63) is 11.6 Å². The number of aldehydes is 1. The minimum atomic E-state index is 0.0439. The standard InChI is InChI=1S/C29H50O3/c1-5-22(2)27(23(3)10-9-18-30)12-8-11-24-14-15-25-20-26(16-17-29(25,4)21-24)32-28-13-6-7-19-31-28/h15,18,22-24,26-28H,5-14,16-17,19-21H2,1-4H3/t22-,23+,24+,26-,27-,28?,29+/m0/s1. The zero-order chi connectivity index (χ0) is 23.0. The number of carbonyl (C=O) groups excluding carboxylic acids is 1. The second-order valence-corrected chi connectivity index (χ2v) is 11.6. The summed E-state index contributed by atoms with van der Waals surface area (Å²) in [6.07, 6.45) is 20.8. The summed E-state index contributed by atoms with van der Waals surface area (Å²) in [6.45, 7) is 10.5. The van der Waals surface area contributed by atoms with E-state index in [1.807, 2.05) is 0 Å². The lowest BCUT2D eigenvalue weighted by atomic mass is 9.62. The number of hydrogen-bond acceptors (Lipinski definition) is 3. The molecule has 1 aliphatic heterocycles. The van der Waals surface area contributed by atoms with Gasteiger partial charge in [0.25, 0.3) is 0 Å². The van der Waals surface area contributed by atoms with Gasteiger partial charge in [0.05, 0.1) is 6.10 Å². The first-order valence-corrected chi connectivity index (χ1v) is 13.9. The van der Waals surface area contributed by atoms with Crippen molar-refractivity contribution in [2.45, 2.75) is 130 Å². The first-order chi connectivity index (χ1) is 15.4. The number of hydrogen-bond donors (Lipinski definition) is 0. The van der Waals surface area contributed by atoms with Crippen LogP contribution in [0, 0.1) is 29.1 Å². The highest BCUT2D eigenvalue weighted by Gasteiger charge is 2.40. The zero-order valence-electron chi connectivity index (χ0n) is 21.5. The van der Waals surface area contributed by atoms with E-state index < -0.39 is 0 Å². The van der Waals surface area contributed by atoms with Crippen molar-refractivity contribution in [3.63, 3.8) is 0 Å². The molecule has 0 aromatic carbocycles. The highest BCUT2D eigenvalue weighted by molar-refractivity contribution is 5.49. The molecule has 3 nitrogen and oxygen atoms in total. The molecular formula is C29H50O3. The third-order valence-electron chi connectivity index (χ3n) is 9.16. The van der Waals surface area contributed by atoms with E-state index >= 15 is 0 Å². The number of fused-ring (bicyclic) bond motifs is 1. The second kappa shape index (κ2) is 12.7. The lowest BCUT2D eigenvalue weighted by Crippen LogP contribution is -2.37. The van der Waals surface area contributed by atoms with E-state index in [4.69, 9.17) is 9.47 Å². The van der Waals surface area contributed by atoms with E-state index in [1.165, 1.54) is 64.2 Å². The molecule has 1 unspecified atom stereocenters. The van der Waals surface area contributed by atoms with Crippen LogP contribution in [0.2, 0.25) is 0 Å². The highest BCUT2D eigenvalue weighted by Crippen LogP contribution is 2.50. The topological polar surface area (TPSA) is 35.5 Å². The Hall–Kier alpha value is -0.670. The van der Waals surface area contributed by atoms with Gasteiger partial charge in [0.2, 0.25) is 0 Å². The maximum atomic E-state index is 10.8. The van der Waals surface area contributed by atoms with Crippen LogP contribution in [0.5, 0.6) is 0 Å². The van der Waals surface area contributed by atoms with E-state index in [1.54, 1.807) is 5.57 Å². The first kappa shape index (κ1) is 25.9. The van der Waals surface area contributed by atoms with Crippen LogP contribution in [-0.2, 0) is 14.3 Å². The number of carbonyl (C=O) groups is 1. The van der Waals surface area contributed by atoms with Crippen molar-refractivity contribution >= 4 is 6.29 Å². The third kappa shape index (κ3) is 7.16. The molecule has 0 N–H and O–H groups in total. The van der Waals surface area contributed by atoms with Crippen molar-refractivity contribution in [2.75, 3.05) is 6.61 Å². The summed E-state index contributed by atoms with van der Waals surface area (Å²) in [6, 6.07) is 0. The smallest absolute Gasteiger partial charge is 0.157 e. The molecule has 184 valence electrons. The van der Waals surface area contributed by atoms with Crippen molar-refractivity contribution < 1.29 is 14.3 Å². The molecule has 1 heterocycles. The first-order valence-electron chi connectivity index (χ1n) is 13.9. The second-order valence-electron chi connectivity index (χ2n) is 11.6. The molecule has 7 atom stereocenters. The lowest BCUT2D eigenvalue weighted by molar-refractivity contribution is -0.193. The molecule has 0 bridgehead atoms. The molecule has 1 saturated heterocycles. The number of rotatable bonds is 12. The molecule has 2 aliphatic carbocycles. The van der Waals surface area contributed by atoms with Crippen LogP contribution in [-0.4, -0.2) is 25.3 Å². The Labute approximate surface area is 198 Å². The highest BCUT2D eigenvalue weighted by atomic mass is 16.7.